The number of halogens is 2. The molecule has 2 aromatic heterocycles. The number of hydrogen-bond donors (Lipinski definition) is 1. The van der Waals surface area contributed by atoms with Crippen molar-refractivity contribution < 1.29 is 0 Å². The Morgan fingerprint density at radius 2 is 1.92 bits per heavy atom. The summed E-state index contributed by atoms with van der Waals surface area (Å²) in [5.41, 5.74) is 7.19. The van der Waals surface area contributed by atoms with Crippen molar-refractivity contribution in [3.8, 4) is 0 Å². The van der Waals surface area contributed by atoms with Crippen molar-refractivity contribution in [2.45, 2.75) is 0 Å². The van der Waals surface area contributed by atoms with Crippen LogP contribution in [0.15, 0.2) is 0 Å². The van der Waals surface area contributed by atoms with E-state index < -0.39 is 0 Å². The first-order valence-corrected chi connectivity index (χ1v) is 5.56. The third kappa shape index (κ3) is 1.47. The van der Waals surface area contributed by atoms with E-state index in [9.17, 15) is 0 Å². The van der Waals surface area contributed by atoms with Gasteiger partial charge in [-0.3, -0.25) is 4.57 Å². The molecule has 0 bridgehead atoms. The average molecular weight is 401 g/mol. The summed E-state index contributed by atoms with van der Waals surface area (Å²) in [6.45, 7) is 0. The van der Waals surface area contributed by atoms with Crippen LogP contribution in [0.2, 0.25) is 0 Å². The predicted octanol–water partition coefficient (Wildman–Crippen LogP) is 1.15. The molecule has 2 rings (SSSR count). The minimum Gasteiger partial charge on any atom is -0.369 e. The Kier molecular flexibility index (Phi) is 2.30. The number of nitrogen functional groups attached to an aromatic ring is 1. The van der Waals surface area contributed by atoms with Crippen LogP contribution in [0.4, 0.5) is 5.95 Å². The Morgan fingerprint density at radius 3 is 2.62 bits per heavy atom. The lowest BCUT2D eigenvalue weighted by Crippen LogP contribution is -1.98. The van der Waals surface area contributed by atoms with Gasteiger partial charge in [-0.25, -0.2) is 15.0 Å². The van der Waals surface area contributed by atoms with Crippen LogP contribution >= 0.6 is 45.2 Å². The molecule has 0 aliphatic carbocycles. The maximum atomic E-state index is 5.65. The molecular formula is C6H5I2N5. The highest BCUT2D eigenvalue weighted by Crippen LogP contribution is 2.19. The minimum atomic E-state index is 0.462. The van der Waals surface area contributed by atoms with Crippen molar-refractivity contribution in [3.63, 3.8) is 0 Å². The smallest absolute Gasteiger partial charge is 0.202 e. The van der Waals surface area contributed by atoms with Crippen molar-refractivity contribution in [2.75, 3.05) is 5.73 Å². The Hall–Kier alpha value is -0.190. The van der Waals surface area contributed by atoms with Crippen LogP contribution in [0, 0.1) is 7.53 Å². The number of fused-ring (bicyclic) bond motifs is 1. The molecule has 0 amide bonds. The minimum absolute atomic E-state index is 0.462. The Labute approximate surface area is 101 Å². The van der Waals surface area contributed by atoms with Crippen LogP contribution in [0.3, 0.4) is 0 Å². The molecule has 0 fully saturated rings. The van der Waals surface area contributed by atoms with Crippen LogP contribution < -0.4 is 5.73 Å². The molecule has 0 aromatic carbocycles. The number of hydrogen-bond acceptors (Lipinski definition) is 4. The normalized spacial score (nSPS) is 11.0. The van der Waals surface area contributed by atoms with Crippen LogP contribution in [-0.2, 0) is 7.05 Å². The van der Waals surface area contributed by atoms with Gasteiger partial charge in [0.05, 0.1) is 0 Å². The summed E-state index contributed by atoms with van der Waals surface area (Å²) in [5, 5.41) is 0. The second kappa shape index (κ2) is 3.19. The molecule has 13 heavy (non-hydrogen) atoms. The quantitative estimate of drug-likeness (QED) is 0.409. The summed E-state index contributed by atoms with van der Waals surface area (Å²) in [4.78, 5) is 12.6. The highest BCUT2D eigenvalue weighted by atomic mass is 127. The predicted molar refractivity (Wildman–Crippen MR) is 66.2 cm³/mol. The molecule has 0 spiro atoms. The van der Waals surface area contributed by atoms with E-state index >= 15 is 0 Å². The van der Waals surface area contributed by atoms with Crippen LogP contribution in [-0.4, -0.2) is 19.5 Å². The maximum absolute atomic E-state index is 5.65. The third-order valence-corrected chi connectivity index (χ3v) is 2.92. The number of anilines is 1. The number of aryl methyl sites for hydroxylation is 1. The van der Waals surface area contributed by atoms with Gasteiger partial charge in [0, 0.05) is 29.6 Å². The molecule has 5 nitrogen and oxygen atoms in total. The van der Waals surface area contributed by atoms with Crippen LogP contribution in [0.5, 0.6) is 0 Å². The fraction of sp³-hybridized carbons (Fsp3) is 0.167. The molecule has 0 saturated carbocycles. The van der Waals surface area contributed by atoms with E-state index in [1.165, 1.54) is 0 Å². The fourth-order valence-corrected chi connectivity index (χ4v) is 2.54. The van der Waals surface area contributed by atoms with Gasteiger partial charge in [-0.05, 0) is 22.6 Å². The van der Waals surface area contributed by atoms with Crippen molar-refractivity contribution in [1.82, 2.24) is 19.5 Å². The summed E-state index contributed by atoms with van der Waals surface area (Å²) in [7, 11) is 1.84. The van der Waals surface area contributed by atoms with Gasteiger partial charge in [-0.1, -0.05) is 0 Å². The first-order valence-electron chi connectivity index (χ1n) is 3.40. The zero-order valence-electron chi connectivity index (χ0n) is 6.62. The molecule has 0 aliphatic heterocycles. The number of nitrogens with two attached hydrogens (primary N) is 1. The fourth-order valence-electron chi connectivity index (χ4n) is 1.02. The van der Waals surface area contributed by atoms with E-state index in [4.69, 9.17) is 5.73 Å². The highest BCUT2D eigenvalue weighted by Gasteiger charge is 2.11. The zero-order chi connectivity index (χ0) is 9.59. The number of rotatable bonds is 0. The summed E-state index contributed by atoms with van der Waals surface area (Å²) in [6.07, 6.45) is 0. The lowest BCUT2D eigenvalue weighted by atomic mass is 10.6. The summed E-state index contributed by atoms with van der Waals surface area (Å²) in [6, 6.07) is 0. The average Bonchev–Trinajstić information content (AvgIpc) is 2.32. The molecule has 68 valence electrons. The lowest BCUT2D eigenvalue weighted by molar-refractivity contribution is 0.937. The van der Waals surface area contributed by atoms with Gasteiger partial charge in [-0.15, -0.1) is 0 Å². The maximum Gasteiger partial charge on any atom is 0.202 e. The topological polar surface area (TPSA) is 69.6 Å². The first kappa shape index (κ1) is 9.37. The number of nitrogens with zero attached hydrogens (tertiary/aromatic N) is 4. The molecule has 0 radical (unpaired) electrons. The Bertz CT molecular complexity index is 477. The molecule has 7 heteroatoms. The van der Waals surface area contributed by atoms with Gasteiger partial charge >= 0.3 is 0 Å². The number of aromatic nitrogens is 4. The highest BCUT2D eigenvalue weighted by molar-refractivity contribution is 14.1. The van der Waals surface area contributed by atoms with E-state index in [1.54, 1.807) is 4.57 Å². The van der Waals surface area contributed by atoms with Crippen LogP contribution in [0.25, 0.3) is 11.2 Å². The second-order valence-electron chi connectivity index (χ2n) is 2.48. The van der Waals surface area contributed by atoms with Gasteiger partial charge < -0.3 is 5.73 Å². The molecule has 2 heterocycles. The summed E-state index contributed by atoms with van der Waals surface area (Å²) < 4.78 is 3.29. The van der Waals surface area contributed by atoms with E-state index in [0.29, 0.717) is 9.78 Å². The van der Waals surface area contributed by atoms with E-state index in [0.717, 1.165) is 14.9 Å². The van der Waals surface area contributed by atoms with E-state index in [2.05, 4.69) is 60.1 Å². The van der Waals surface area contributed by atoms with Crippen molar-refractivity contribution in [1.29, 1.82) is 0 Å². The van der Waals surface area contributed by atoms with Gasteiger partial charge in [0.25, 0.3) is 0 Å². The van der Waals surface area contributed by atoms with Gasteiger partial charge in [-0.2, -0.15) is 0 Å². The third-order valence-electron chi connectivity index (χ3n) is 1.68. The Balaban J connectivity index is 2.94. The monoisotopic (exact) mass is 401 g/mol. The summed E-state index contributed by atoms with van der Waals surface area (Å²) in [5.74, 6) is 0.462. The van der Waals surface area contributed by atoms with Crippen molar-refractivity contribution in [2.24, 2.45) is 7.05 Å². The summed E-state index contributed by atoms with van der Waals surface area (Å²) >= 11 is 4.20. The van der Waals surface area contributed by atoms with Gasteiger partial charge in [0.1, 0.15) is 9.22 Å². The molecule has 0 aliphatic rings. The standard InChI is InChI=1S/C6H5I2N5/c1-13-4-2(10-6(13)9)3(7)11-5(8)12-4/h1H3,(H2,9,10). The van der Waals surface area contributed by atoms with Crippen molar-refractivity contribution in [3.05, 3.63) is 7.53 Å². The van der Waals surface area contributed by atoms with Gasteiger partial charge in [0.2, 0.25) is 5.95 Å². The first-order chi connectivity index (χ1) is 6.09. The van der Waals surface area contributed by atoms with Crippen LogP contribution in [0.1, 0.15) is 0 Å². The molecule has 2 N–H and O–H groups in total. The molecule has 2 aromatic rings. The molecule has 0 unspecified atom stereocenters. The number of imidazole rings is 1. The largest absolute Gasteiger partial charge is 0.369 e. The molecular weight excluding hydrogens is 396 g/mol. The van der Waals surface area contributed by atoms with E-state index in [-0.39, 0.29) is 0 Å². The van der Waals surface area contributed by atoms with E-state index in [1.807, 2.05) is 7.05 Å². The molecule has 0 saturated heterocycles. The van der Waals surface area contributed by atoms with Crippen molar-refractivity contribution >= 4 is 62.3 Å². The SMILES string of the molecule is Cn1c(N)nc2c(I)nc(I)nc21. The second-order valence-corrected chi connectivity index (χ2v) is 4.47. The Morgan fingerprint density at radius 1 is 1.23 bits per heavy atom. The zero-order valence-corrected chi connectivity index (χ0v) is 10.9. The molecule has 0 atom stereocenters. The van der Waals surface area contributed by atoms with Gasteiger partial charge in [0.15, 0.2) is 9.48 Å². The lowest BCUT2D eigenvalue weighted by Gasteiger charge is -1.96.